The molecule has 2 aliphatic heterocycles. The summed E-state index contributed by atoms with van der Waals surface area (Å²) in [5.41, 5.74) is 7.85. The van der Waals surface area contributed by atoms with Crippen molar-refractivity contribution in [3.8, 4) is 0 Å². The van der Waals surface area contributed by atoms with E-state index in [4.69, 9.17) is 9.72 Å². The van der Waals surface area contributed by atoms with E-state index >= 15 is 0 Å². The Kier molecular flexibility index (Phi) is 5.77. The second-order valence-corrected chi connectivity index (χ2v) is 10.1. The highest BCUT2D eigenvalue weighted by molar-refractivity contribution is 5.92. The Morgan fingerprint density at radius 1 is 0.914 bits per heavy atom. The largest absolute Gasteiger partial charge is 0.378 e. The number of benzene rings is 2. The lowest BCUT2D eigenvalue weighted by Gasteiger charge is -2.43. The highest BCUT2D eigenvalue weighted by Crippen LogP contribution is 2.49. The van der Waals surface area contributed by atoms with Crippen molar-refractivity contribution in [2.75, 3.05) is 37.7 Å². The minimum Gasteiger partial charge on any atom is -0.378 e. The van der Waals surface area contributed by atoms with Gasteiger partial charge < -0.3 is 14.5 Å². The Labute approximate surface area is 207 Å². The second kappa shape index (κ2) is 9.08. The fraction of sp³-hybridized carbons (Fsp3) is 0.414. The van der Waals surface area contributed by atoms with Gasteiger partial charge in [0.1, 0.15) is 5.69 Å². The summed E-state index contributed by atoms with van der Waals surface area (Å²) in [6.45, 7) is 6.11. The predicted octanol–water partition coefficient (Wildman–Crippen LogP) is 4.29. The molecular weight excluding hydrogens is 436 g/mol. The van der Waals surface area contributed by atoms with E-state index in [-0.39, 0.29) is 11.3 Å². The molecule has 1 aromatic heterocycles. The summed E-state index contributed by atoms with van der Waals surface area (Å²) in [5.74, 6) is -0.0491. The number of nitrogens with zero attached hydrogens (tertiary/aromatic N) is 4. The molecule has 3 aromatic rings. The van der Waals surface area contributed by atoms with E-state index in [1.54, 1.807) is 6.20 Å². The number of aryl methyl sites for hydroxylation is 1. The number of carbonyl (C=O) groups is 1. The standard InChI is InChI=1S/C29H32N4O2/c1-21-3-5-22(6-4-21)29(12-2-13-29)23-7-9-24(10-8-23)33-14-11-25-27(20-33)31-26(19-30-25)28(34)32-15-17-35-18-16-32/h3-10,19H,2,11-18,20H2,1H3. The maximum atomic E-state index is 12.9. The SMILES string of the molecule is Cc1ccc(C2(c3ccc(N4CCc5ncc(C(=O)N6CCOCC6)nc5C4)cc3)CCC2)cc1. The lowest BCUT2D eigenvalue weighted by molar-refractivity contribution is 0.0298. The third-order valence-electron chi connectivity index (χ3n) is 8.00. The van der Waals surface area contributed by atoms with Gasteiger partial charge in [-0.3, -0.25) is 9.78 Å². The number of hydrogen-bond donors (Lipinski definition) is 0. The van der Waals surface area contributed by atoms with Crippen LogP contribution in [0.15, 0.2) is 54.7 Å². The van der Waals surface area contributed by atoms with Crippen molar-refractivity contribution < 1.29 is 9.53 Å². The minimum absolute atomic E-state index is 0.0491. The van der Waals surface area contributed by atoms with E-state index in [1.807, 2.05) is 4.90 Å². The summed E-state index contributed by atoms with van der Waals surface area (Å²) in [4.78, 5) is 26.4. The summed E-state index contributed by atoms with van der Waals surface area (Å²) in [6, 6.07) is 18.2. The summed E-state index contributed by atoms with van der Waals surface area (Å²) in [6.07, 6.45) is 6.18. The van der Waals surface area contributed by atoms with E-state index in [1.165, 1.54) is 41.6 Å². The van der Waals surface area contributed by atoms with Gasteiger partial charge >= 0.3 is 0 Å². The molecular formula is C29H32N4O2. The molecule has 6 heteroatoms. The Morgan fingerprint density at radius 2 is 1.60 bits per heavy atom. The molecule has 0 radical (unpaired) electrons. The number of ether oxygens (including phenoxy) is 1. The zero-order valence-electron chi connectivity index (χ0n) is 20.4. The zero-order valence-corrected chi connectivity index (χ0v) is 20.4. The average Bonchev–Trinajstić information content (AvgIpc) is 2.89. The third kappa shape index (κ3) is 4.10. The van der Waals surface area contributed by atoms with Gasteiger partial charge in [-0.15, -0.1) is 0 Å². The van der Waals surface area contributed by atoms with Crippen LogP contribution in [-0.4, -0.2) is 53.6 Å². The number of aromatic nitrogens is 2. The fourth-order valence-electron chi connectivity index (χ4n) is 5.68. The highest BCUT2D eigenvalue weighted by atomic mass is 16.5. The number of fused-ring (bicyclic) bond motifs is 1. The molecule has 180 valence electrons. The Hall–Kier alpha value is -3.25. The molecule has 0 bridgehead atoms. The molecule has 0 spiro atoms. The van der Waals surface area contributed by atoms with E-state index < -0.39 is 0 Å². The summed E-state index contributed by atoms with van der Waals surface area (Å²) < 4.78 is 5.37. The molecule has 1 saturated heterocycles. The number of amides is 1. The van der Waals surface area contributed by atoms with Gasteiger partial charge in [0, 0.05) is 37.2 Å². The lowest BCUT2D eigenvalue weighted by Crippen LogP contribution is -2.41. The van der Waals surface area contributed by atoms with Gasteiger partial charge in [-0.2, -0.15) is 0 Å². The second-order valence-electron chi connectivity index (χ2n) is 10.1. The number of anilines is 1. The van der Waals surface area contributed by atoms with Crippen LogP contribution < -0.4 is 4.90 Å². The fourth-order valence-corrected chi connectivity index (χ4v) is 5.68. The van der Waals surface area contributed by atoms with Crippen LogP contribution in [0.25, 0.3) is 0 Å². The van der Waals surface area contributed by atoms with E-state index in [0.717, 1.165) is 24.4 Å². The quantitative estimate of drug-likeness (QED) is 0.572. The molecule has 3 aliphatic rings. The van der Waals surface area contributed by atoms with Gasteiger partial charge in [0.05, 0.1) is 37.3 Å². The monoisotopic (exact) mass is 468 g/mol. The number of morpholine rings is 1. The molecule has 1 saturated carbocycles. The van der Waals surface area contributed by atoms with E-state index in [0.29, 0.717) is 38.5 Å². The van der Waals surface area contributed by atoms with Gasteiger partial charge in [0.25, 0.3) is 5.91 Å². The van der Waals surface area contributed by atoms with Gasteiger partial charge in [0.2, 0.25) is 0 Å². The van der Waals surface area contributed by atoms with E-state index in [9.17, 15) is 4.79 Å². The van der Waals surface area contributed by atoms with Crippen molar-refractivity contribution in [3.63, 3.8) is 0 Å². The summed E-state index contributed by atoms with van der Waals surface area (Å²) >= 11 is 0. The number of hydrogen-bond acceptors (Lipinski definition) is 5. The van der Waals surface area contributed by atoms with Crippen molar-refractivity contribution in [1.82, 2.24) is 14.9 Å². The lowest BCUT2D eigenvalue weighted by atomic mass is 9.60. The maximum absolute atomic E-state index is 12.9. The van der Waals surface area contributed by atoms with Crippen LogP contribution in [0.3, 0.4) is 0 Å². The topological polar surface area (TPSA) is 58.6 Å². The molecule has 3 heterocycles. The van der Waals surface area contributed by atoms with Gasteiger partial charge in [-0.1, -0.05) is 48.4 Å². The van der Waals surface area contributed by atoms with Crippen LogP contribution in [0.1, 0.15) is 57.8 Å². The predicted molar refractivity (Wildman–Crippen MR) is 136 cm³/mol. The van der Waals surface area contributed by atoms with Crippen LogP contribution in [0.5, 0.6) is 0 Å². The average molecular weight is 469 g/mol. The molecule has 0 N–H and O–H groups in total. The highest BCUT2D eigenvalue weighted by Gasteiger charge is 2.40. The third-order valence-corrected chi connectivity index (χ3v) is 8.00. The number of rotatable bonds is 4. The molecule has 0 unspecified atom stereocenters. The number of carbonyl (C=O) groups excluding carboxylic acids is 1. The van der Waals surface area contributed by atoms with Gasteiger partial charge in [-0.05, 0) is 43.0 Å². The molecule has 0 atom stereocenters. The van der Waals surface area contributed by atoms with Gasteiger partial charge in [-0.25, -0.2) is 4.98 Å². The van der Waals surface area contributed by atoms with Crippen LogP contribution >= 0.6 is 0 Å². The maximum Gasteiger partial charge on any atom is 0.274 e. The first-order chi connectivity index (χ1) is 17.1. The Morgan fingerprint density at radius 3 is 2.26 bits per heavy atom. The molecule has 2 fully saturated rings. The molecule has 1 amide bonds. The summed E-state index contributed by atoms with van der Waals surface area (Å²) in [5, 5.41) is 0. The van der Waals surface area contributed by atoms with Crippen molar-refractivity contribution in [1.29, 1.82) is 0 Å². The van der Waals surface area contributed by atoms with Crippen LogP contribution in [0.2, 0.25) is 0 Å². The first-order valence-corrected chi connectivity index (χ1v) is 12.8. The van der Waals surface area contributed by atoms with E-state index in [2.05, 4.69) is 65.3 Å². The molecule has 2 aromatic carbocycles. The molecule has 35 heavy (non-hydrogen) atoms. The first-order valence-electron chi connectivity index (χ1n) is 12.8. The summed E-state index contributed by atoms with van der Waals surface area (Å²) in [7, 11) is 0. The van der Waals surface area contributed by atoms with Crippen molar-refractivity contribution in [2.45, 2.75) is 44.6 Å². The van der Waals surface area contributed by atoms with Crippen molar-refractivity contribution in [2.24, 2.45) is 0 Å². The van der Waals surface area contributed by atoms with Crippen molar-refractivity contribution in [3.05, 3.63) is 88.5 Å². The Bertz CT molecular complexity index is 1210. The minimum atomic E-state index is -0.0491. The molecule has 6 rings (SSSR count). The van der Waals surface area contributed by atoms with Crippen LogP contribution in [0.4, 0.5) is 5.69 Å². The molecule has 6 nitrogen and oxygen atoms in total. The zero-order chi connectivity index (χ0) is 23.8. The first kappa shape index (κ1) is 22.2. The Balaban J connectivity index is 1.20. The van der Waals surface area contributed by atoms with Crippen LogP contribution in [-0.2, 0) is 23.1 Å². The van der Waals surface area contributed by atoms with Gasteiger partial charge in [0.15, 0.2) is 0 Å². The normalized spacial score (nSPS) is 19.1. The smallest absolute Gasteiger partial charge is 0.274 e. The van der Waals surface area contributed by atoms with Crippen molar-refractivity contribution >= 4 is 11.6 Å². The van der Waals surface area contributed by atoms with Crippen LogP contribution in [0, 0.1) is 6.92 Å². The molecule has 1 aliphatic carbocycles.